The van der Waals surface area contributed by atoms with Gasteiger partial charge < -0.3 is 15.2 Å². The molecule has 2 rings (SSSR count). The van der Waals surface area contributed by atoms with Crippen LogP contribution in [0.1, 0.15) is 29.5 Å². The van der Waals surface area contributed by atoms with E-state index < -0.39 is 0 Å². The lowest BCUT2D eigenvalue weighted by atomic mass is 10.4. The highest BCUT2D eigenvalue weighted by Gasteiger charge is 2.05. The average Bonchev–Trinajstić information content (AvgIpc) is 3.08. The lowest BCUT2D eigenvalue weighted by Crippen LogP contribution is -2.38. The van der Waals surface area contributed by atoms with Crippen LogP contribution in [0.3, 0.4) is 0 Å². The van der Waals surface area contributed by atoms with Crippen LogP contribution in [-0.4, -0.2) is 43.6 Å². The number of hydrogen-bond donors (Lipinski definition) is 2. The van der Waals surface area contributed by atoms with Crippen LogP contribution in [0.4, 0.5) is 0 Å². The first kappa shape index (κ1) is 18.7. The van der Waals surface area contributed by atoms with Gasteiger partial charge in [-0.3, -0.25) is 4.68 Å². The van der Waals surface area contributed by atoms with E-state index in [-0.39, 0.29) is 0 Å². The third-order valence-corrected chi connectivity index (χ3v) is 3.92. The van der Waals surface area contributed by atoms with Crippen molar-refractivity contribution in [2.45, 2.75) is 40.3 Å². The van der Waals surface area contributed by atoms with Crippen LogP contribution in [0.2, 0.25) is 0 Å². The van der Waals surface area contributed by atoms with Crippen LogP contribution in [0.25, 0.3) is 0 Å². The molecule has 0 fully saturated rings. The molecular formula is C17H28N8. The van der Waals surface area contributed by atoms with E-state index in [1.165, 1.54) is 5.69 Å². The first-order chi connectivity index (χ1) is 12.0. The predicted octanol–water partition coefficient (Wildman–Crippen LogP) is 1.25. The van der Waals surface area contributed by atoms with Gasteiger partial charge in [-0.2, -0.15) is 5.10 Å². The number of nitrogens with zero attached hydrogens (tertiary/aromatic N) is 6. The molecule has 0 radical (unpaired) electrons. The second-order valence-electron chi connectivity index (χ2n) is 5.99. The molecule has 0 saturated carbocycles. The van der Waals surface area contributed by atoms with Crippen molar-refractivity contribution in [3.8, 4) is 0 Å². The molecule has 0 aliphatic carbocycles. The average molecular weight is 344 g/mol. The molecule has 8 heteroatoms. The molecule has 0 spiro atoms. The van der Waals surface area contributed by atoms with Crippen molar-refractivity contribution in [1.29, 1.82) is 0 Å². The Kier molecular flexibility index (Phi) is 6.73. The summed E-state index contributed by atoms with van der Waals surface area (Å²) in [5, 5.41) is 19.2. The minimum Gasteiger partial charge on any atom is -0.356 e. The summed E-state index contributed by atoms with van der Waals surface area (Å²) in [4.78, 5) is 4.57. The van der Waals surface area contributed by atoms with Gasteiger partial charge in [-0.15, -0.1) is 16.8 Å². The molecule has 136 valence electrons. The Morgan fingerprint density at radius 1 is 1.28 bits per heavy atom. The summed E-state index contributed by atoms with van der Waals surface area (Å²) in [7, 11) is 1.94. The summed E-state index contributed by atoms with van der Waals surface area (Å²) in [6.45, 7) is 12.6. The molecule has 0 amide bonds. The number of aromatic nitrogens is 5. The largest absolute Gasteiger partial charge is 0.356 e. The molecule has 25 heavy (non-hydrogen) atoms. The van der Waals surface area contributed by atoms with Crippen molar-refractivity contribution in [3.05, 3.63) is 41.8 Å². The second kappa shape index (κ2) is 9.00. The van der Waals surface area contributed by atoms with Crippen molar-refractivity contribution in [2.75, 3.05) is 13.1 Å². The monoisotopic (exact) mass is 344 g/mol. The molecule has 2 aromatic rings. The zero-order valence-corrected chi connectivity index (χ0v) is 15.6. The van der Waals surface area contributed by atoms with E-state index in [4.69, 9.17) is 0 Å². The fourth-order valence-corrected chi connectivity index (χ4v) is 2.42. The third kappa shape index (κ3) is 5.44. The first-order valence-electron chi connectivity index (χ1n) is 8.50. The van der Waals surface area contributed by atoms with E-state index >= 15 is 0 Å². The number of nitrogens with one attached hydrogen (secondary N) is 2. The minimum absolute atomic E-state index is 0.473. The van der Waals surface area contributed by atoms with E-state index in [9.17, 15) is 0 Å². The quantitative estimate of drug-likeness (QED) is 0.326. The number of rotatable bonds is 8. The Morgan fingerprint density at radius 2 is 2.08 bits per heavy atom. The van der Waals surface area contributed by atoms with Gasteiger partial charge >= 0.3 is 0 Å². The summed E-state index contributed by atoms with van der Waals surface area (Å²) in [5.41, 5.74) is 2.24. The van der Waals surface area contributed by atoms with Crippen molar-refractivity contribution < 1.29 is 0 Å². The van der Waals surface area contributed by atoms with Crippen LogP contribution < -0.4 is 10.6 Å². The minimum atomic E-state index is 0.473. The van der Waals surface area contributed by atoms with E-state index in [2.05, 4.69) is 50.5 Å². The highest BCUT2D eigenvalue weighted by atomic mass is 15.3. The van der Waals surface area contributed by atoms with Crippen LogP contribution in [0, 0.1) is 20.8 Å². The van der Waals surface area contributed by atoms with Gasteiger partial charge in [-0.1, -0.05) is 6.08 Å². The molecule has 2 aromatic heterocycles. The maximum absolute atomic E-state index is 4.57. The number of hydrogen-bond acceptors (Lipinski definition) is 4. The predicted molar refractivity (Wildman–Crippen MR) is 99.4 cm³/mol. The topological polar surface area (TPSA) is 85.0 Å². The Hall–Kier alpha value is -2.64. The molecule has 8 nitrogen and oxygen atoms in total. The van der Waals surface area contributed by atoms with Crippen LogP contribution in [0.5, 0.6) is 0 Å². The molecule has 2 heterocycles. The van der Waals surface area contributed by atoms with Crippen LogP contribution in [0.15, 0.2) is 23.7 Å². The standard InChI is InChI=1S/C17H28N8/c1-6-8-18-17(20-12-16-22-21-15(4)24(16)5)19-9-7-10-25-14(3)11-13(2)23-25/h6,11H,1,7-10,12H2,2-5H3,(H2,18,19,20). The molecule has 0 atom stereocenters. The van der Waals surface area contributed by atoms with E-state index in [1.807, 2.05) is 30.1 Å². The van der Waals surface area contributed by atoms with Gasteiger partial charge in [0.25, 0.3) is 0 Å². The van der Waals surface area contributed by atoms with Gasteiger partial charge in [0.05, 0.1) is 5.69 Å². The Bertz CT molecular complexity index is 725. The highest BCUT2D eigenvalue weighted by Crippen LogP contribution is 2.02. The summed E-state index contributed by atoms with van der Waals surface area (Å²) < 4.78 is 3.98. The summed E-state index contributed by atoms with van der Waals surface area (Å²) in [6.07, 6.45) is 2.76. The zero-order chi connectivity index (χ0) is 18.2. The Labute approximate surface area is 149 Å². The van der Waals surface area contributed by atoms with Gasteiger partial charge in [0.15, 0.2) is 11.8 Å². The molecule has 0 unspecified atom stereocenters. The van der Waals surface area contributed by atoms with E-state index in [1.54, 1.807) is 6.08 Å². The first-order valence-corrected chi connectivity index (χ1v) is 8.50. The van der Waals surface area contributed by atoms with E-state index in [0.29, 0.717) is 13.1 Å². The van der Waals surface area contributed by atoms with Gasteiger partial charge in [-0.05, 0) is 33.3 Å². The van der Waals surface area contributed by atoms with Gasteiger partial charge in [0, 0.05) is 32.4 Å². The molecule has 0 aliphatic rings. The molecule has 2 N–H and O–H groups in total. The smallest absolute Gasteiger partial charge is 0.191 e. The van der Waals surface area contributed by atoms with Crippen molar-refractivity contribution in [2.24, 2.45) is 12.0 Å². The molecule has 0 aromatic carbocycles. The Balaban J connectivity index is 1.86. The third-order valence-electron chi connectivity index (χ3n) is 3.92. The van der Waals surface area contributed by atoms with Crippen molar-refractivity contribution >= 4 is 5.96 Å². The maximum atomic E-state index is 4.57. The summed E-state index contributed by atoms with van der Waals surface area (Å²) in [5.74, 6) is 2.46. The van der Waals surface area contributed by atoms with Crippen molar-refractivity contribution in [3.63, 3.8) is 0 Å². The lowest BCUT2D eigenvalue weighted by Gasteiger charge is -2.12. The summed E-state index contributed by atoms with van der Waals surface area (Å²) in [6, 6.07) is 2.09. The van der Waals surface area contributed by atoms with Gasteiger partial charge in [0.2, 0.25) is 0 Å². The van der Waals surface area contributed by atoms with Gasteiger partial charge in [-0.25, -0.2) is 4.99 Å². The molecule has 0 saturated heterocycles. The fourth-order valence-electron chi connectivity index (χ4n) is 2.42. The van der Waals surface area contributed by atoms with Crippen molar-refractivity contribution in [1.82, 2.24) is 35.2 Å². The highest BCUT2D eigenvalue weighted by molar-refractivity contribution is 5.79. The fraction of sp³-hybridized carbons (Fsp3) is 0.529. The maximum Gasteiger partial charge on any atom is 0.191 e. The SMILES string of the molecule is C=CCNC(=NCc1nnc(C)n1C)NCCCn1nc(C)cc1C. The molecule has 0 aliphatic heterocycles. The molecular weight excluding hydrogens is 316 g/mol. The van der Waals surface area contributed by atoms with Crippen LogP contribution in [-0.2, 0) is 20.1 Å². The van der Waals surface area contributed by atoms with Crippen LogP contribution >= 0.6 is 0 Å². The Morgan fingerprint density at radius 3 is 2.68 bits per heavy atom. The number of aliphatic imine (C=N–C) groups is 1. The lowest BCUT2D eigenvalue weighted by molar-refractivity contribution is 0.555. The number of aryl methyl sites for hydroxylation is 4. The number of guanidine groups is 1. The summed E-state index contributed by atoms with van der Waals surface area (Å²) >= 11 is 0. The normalized spacial score (nSPS) is 11.6. The zero-order valence-electron chi connectivity index (χ0n) is 15.6. The van der Waals surface area contributed by atoms with Gasteiger partial charge in [0.1, 0.15) is 12.4 Å². The van der Waals surface area contributed by atoms with E-state index in [0.717, 1.165) is 42.8 Å². The second-order valence-corrected chi connectivity index (χ2v) is 5.99. The molecule has 0 bridgehead atoms.